The van der Waals surface area contributed by atoms with Crippen molar-refractivity contribution in [2.24, 2.45) is 5.73 Å². The summed E-state index contributed by atoms with van der Waals surface area (Å²) in [5.74, 6) is 0.486. The second kappa shape index (κ2) is 7.38. The highest BCUT2D eigenvalue weighted by molar-refractivity contribution is 9.10. The number of carbonyl (C=O) groups is 1. The molecule has 1 aromatic carbocycles. The predicted molar refractivity (Wildman–Crippen MR) is 73.6 cm³/mol. The molecule has 1 atom stereocenters. The zero-order valence-electron chi connectivity index (χ0n) is 10.6. The molecule has 1 unspecified atom stereocenters. The Labute approximate surface area is 116 Å². The van der Waals surface area contributed by atoms with Crippen LogP contribution in [0, 0.1) is 0 Å². The van der Waals surface area contributed by atoms with E-state index in [1.165, 1.54) is 7.11 Å². The highest BCUT2D eigenvalue weighted by Crippen LogP contribution is 2.24. The molecule has 0 amide bonds. The van der Waals surface area contributed by atoms with Gasteiger partial charge in [0.1, 0.15) is 5.75 Å². The van der Waals surface area contributed by atoms with Gasteiger partial charge in [-0.3, -0.25) is 4.79 Å². The Bertz CT molecular complexity index is 407. The van der Waals surface area contributed by atoms with Crippen LogP contribution in [0.5, 0.6) is 5.75 Å². The lowest BCUT2D eigenvalue weighted by molar-refractivity contribution is -0.141. The van der Waals surface area contributed by atoms with E-state index in [1.54, 1.807) is 0 Å². The zero-order chi connectivity index (χ0) is 13.5. The highest BCUT2D eigenvalue weighted by Gasteiger charge is 2.08. The largest absolute Gasteiger partial charge is 0.493 e. The molecule has 1 aromatic rings. The number of halogens is 1. The van der Waals surface area contributed by atoms with Crippen molar-refractivity contribution in [3.05, 3.63) is 28.2 Å². The molecule has 0 aliphatic heterocycles. The highest BCUT2D eigenvalue weighted by atomic mass is 79.9. The van der Waals surface area contributed by atoms with E-state index in [9.17, 15) is 4.79 Å². The Morgan fingerprint density at radius 3 is 2.83 bits per heavy atom. The van der Waals surface area contributed by atoms with Crippen LogP contribution in [0.25, 0.3) is 0 Å². The number of carbonyl (C=O) groups excluding carboxylic acids is 1. The van der Waals surface area contributed by atoms with Crippen molar-refractivity contribution in [3.63, 3.8) is 0 Å². The van der Waals surface area contributed by atoms with Crippen LogP contribution in [0.3, 0.4) is 0 Å². The van der Waals surface area contributed by atoms with Gasteiger partial charge in [0.15, 0.2) is 0 Å². The summed E-state index contributed by atoms with van der Waals surface area (Å²) >= 11 is 3.42. The average molecular weight is 316 g/mol. The van der Waals surface area contributed by atoms with E-state index in [2.05, 4.69) is 20.7 Å². The molecule has 0 aliphatic carbocycles. The van der Waals surface area contributed by atoms with Crippen LogP contribution >= 0.6 is 15.9 Å². The lowest BCUT2D eigenvalue weighted by atomic mass is 10.1. The fraction of sp³-hybridized carbons (Fsp3) is 0.462. The second-order valence-electron chi connectivity index (χ2n) is 4.11. The monoisotopic (exact) mass is 315 g/mol. The summed E-state index contributed by atoms with van der Waals surface area (Å²) in [6.45, 7) is 2.25. The molecular formula is C13H18BrNO3. The van der Waals surface area contributed by atoms with Crippen LogP contribution < -0.4 is 10.5 Å². The number of hydrogen-bond donors (Lipinski definition) is 1. The summed E-state index contributed by atoms with van der Waals surface area (Å²) < 4.78 is 11.1. The fourth-order valence-electron chi connectivity index (χ4n) is 1.54. The molecule has 1 rings (SSSR count). The first-order valence-electron chi connectivity index (χ1n) is 5.76. The van der Waals surface area contributed by atoms with Crippen molar-refractivity contribution in [1.29, 1.82) is 0 Å². The van der Waals surface area contributed by atoms with Gasteiger partial charge >= 0.3 is 5.97 Å². The lowest BCUT2D eigenvalue weighted by Crippen LogP contribution is -2.18. The van der Waals surface area contributed by atoms with E-state index in [4.69, 9.17) is 10.5 Å². The molecule has 2 N–H and O–H groups in total. The number of hydrogen-bond acceptors (Lipinski definition) is 4. The summed E-state index contributed by atoms with van der Waals surface area (Å²) in [6, 6.07) is 5.82. The number of methoxy groups -OCH3 is 1. The topological polar surface area (TPSA) is 61.5 Å². The molecule has 0 fully saturated rings. The molecule has 4 nitrogen and oxygen atoms in total. The summed E-state index contributed by atoms with van der Waals surface area (Å²) in [5.41, 5.74) is 6.83. The first kappa shape index (κ1) is 15.0. The normalized spacial score (nSPS) is 12.0. The Hall–Kier alpha value is -1.07. The van der Waals surface area contributed by atoms with Gasteiger partial charge in [-0.05, 0) is 37.1 Å². The Kier molecular flexibility index (Phi) is 6.15. The molecule has 5 heteroatoms. The summed E-state index contributed by atoms with van der Waals surface area (Å²) in [6.07, 6.45) is 0.969. The van der Waals surface area contributed by atoms with Crippen LogP contribution in [0.4, 0.5) is 0 Å². The van der Waals surface area contributed by atoms with Gasteiger partial charge in [-0.1, -0.05) is 15.9 Å². The molecule has 0 radical (unpaired) electrons. The second-order valence-corrected chi connectivity index (χ2v) is 5.02. The van der Waals surface area contributed by atoms with Gasteiger partial charge in [-0.25, -0.2) is 0 Å². The maximum atomic E-state index is 11.0. The minimum atomic E-state index is -0.277. The molecule has 0 heterocycles. The molecule has 18 heavy (non-hydrogen) atoms. The maximum absolute atomic E-state index is 11.0. The Morgan fingerprint density at radius 1 is 1.50 bits per heavy atom. The van der Waals surface area contributed by atoms with E-state index in [-0.39, 0.29) is 18.4 Å². The molecule has 0 saturated carbocycles. The van der Waals surface area contributed by atoms with E-state index in [1.807, 2.05) is 25.1 Å². The van der Waals surface area contributed by atoms with Crippen LogP contribution in [-0.4, -0.2) is 25.7 Å². The quantitative estimate of drug-likeness (QED) is 0.818. The molecule has 100 valence electrons. The molecule has 0 aromatic heterocycles. The van der Waals surface area contributed by atoms with Crippen LogP contribution in [-0.2, 0) is 16.0 Å². The minimum absolute atomic E-state index is 0.0576. The summed E-state index contributed by atoms with van der Waals surface area (Å²) in [5, 5.41) is 0. The first-order chi connectivity index (χ1) is 8.52. The van der Waals surface area contributed by atoms with E-state index in [0.29, 0.717) is 6.61 Å². The van der Waals surface area contributed by atoms with Gasteiger partial charge < -0.3 is 15.2 Å². The van der Waals surface area contributed by atoms with Gasteiger partial charge in [0.2, 0.25) is 0 Å². The van der Waals surface area contributed by atoms with Crippen molar-refractivity contribution in [3.8, 4) is 5.75 Å². The van der Waals surface area contributed by atoms with E-state index < -0.39 is 0 Å². The third-order valence-electron chi connectivity index (χ3n) is 2.36. The van der Waals surface area contributed by atoms with Crippen molar-refractivity contribution >= 4 is 21.9 Å². The smallest absolute Gasteiger partial charge is 0.308 e. The molecule has 0 spiro atoms. The fourth-order valence-corrected chi connectivity index (χ4v) is 1.95. The van der Waals surface area contributed by atoms with Crippen LogP contribution in [0.2, 0.25) is 0 Å². The van der Waals surface area contributed by atoms with E-state index >= 15 is 0 Å². The third kappa shape index (κ3) is 5.06. The van der Waals surface area contributed by atoms with Crippen molar-refractivity contribution in [2.75, 3.05) is 13.7 Å². The Morgan fingerprint density at radius 2 is 2.22 bits per heavy atom. The Balaban J connectivity index is 2.66. The number of ether oxygens (including phenoxy) is 2. The number of nitrogens with two attached hydrogens (primary N) is 1. The number of rotatable bonds is 6. The standard InChI is InChI=1S/C13H18BrNO3/c1-9(15)7-10-8-11(14)3-4-12(10)18-6-5-13(16)17-2/h3-4,8-9H,5-7,15H2,1-2H3. The first-order valence-corrected chi connectivity index (χ1v) is 6.56. The van der Waals surface area contributed by atoms with Gasteiger partial charge in [0.05, 0.1) is 20.1 Å². The summed E-state index contributed by atoms with van der Waals surface area (Å²) in [4.78, 5) is 11.0. The van der Waals surface area contributed by atoms with Gasteiger partial charge in [-0.15, -0.1) is 0 Å². The van der Waals surface area contributed by atoms with Gasteiger partial charge in [0, 0.05) is 10.5 Å². The minimum Gasteiger partial charge on any atom is -0.493 e. The van der Waals surface area contributed by atoms with Crippen molar-refractivity contribution < 1.29 is 14.3 Å². The molecule has 0 saturated heterocycles. The number of benzene rings is 1. The maximum Gasteiger partial charge on any atom is 0.308 e. The van der Waals surface area contributed by atoms with Crippen LogP contribution in [0.15, 0.2) is 22.7 Å². The third-order valence-corrected chi connectivity index (χ3v) is 2.85. The lowest BCUT2D eigenvalue weighted by Gasteiger charge is -2.13. The van der Waals surface area contributed by atoms with Crippen molar-refractivity contribution in [2.45, 2.75) is 25.8 Å². The van der Waals surface area contributed by atoms with Crippen molar-refractivity contribution in [1.82, 2.24) is 0 Å². The van der Waals surface area contributed by atoms with Crippen LogP contribution in [0.1, 0.15) is 18.9 Å². The van der Waals surface area contributed by atoms with E-state index in [0.717, 1.165) is 22.2 Å². The number of esters is 1. The summed E-state index contributed by atoms with van der Waals surface area (Å²) in [7, 11) is 1.36. The SMILES string of the molecule is COC(=O)CCOc1ccc(Br)cc1CC(C)N. The van der Waals surface area contributed by atoms with Gasteiger partial charge in [0.25, 0.3) is 0 Å². The molecule has 0 bridgehead atoms. The predicted octanol–water partition coefficient (Wildman–Crippen LogP) is 2.28. The zero-order valence-corrected chi connectivity index (χ0v) is 12.2. The van der Waals surface area contributed by atoms with Gasteiger partial charge in [-0.2, -0.15) is 0 Å². The molecule has 0 aliphatic rings. The average Bonchev–Trinajstić information content (AvgIpc) is 2.31. The molecular weight excluding hydrogens is 298 g/mol.